The van der Waals surface area contributed by atoms with Gasteiger partial charge in [-0.15, -0.1) is 0 Å². The molecular weight excluding hydrogens is 556 g/mol. The van der Waals surface area contributed by atoms with E-state index in [0.29, 0.717) is 24.8 Å². The highest BCUT2D eigenvalue weighted by Gasteiger charge is 2.31. The monoisotopic (exact) mass is 602 g/mol. The minimum Gasteiger partial charge on any atom is -0.480 e. The first-order chi connectivity index (χ1) is 22.1. The van der Waals surface area contributed by atoms with Crippen LogP contribution < -0.4 is 16.0 Å². The molecule has 0 aliphatic carbocycles. The Balaban J connectivity index is 1.44. The number of nitrogens with one attached hydrogen (secondary N) is 5. The van der Waals surface area contributed by atoms with E-state index >= 15 is 0 Å². The van der Waals surface area contributed by atoms with E-state index < -0.39 is 35.9 Å². The number of aromatic nitrogens is 2. The zero-order chi connectivity index (χ0) is 32.8. The summed E-state index contributed by atoms with van der Waals surface area (Å²) < 4.78 is 18.1. The van der Waals surface area contributed by atoms with Crippen molar-refractivity contribution >= 4 is 39.6 Å². The highest BCUT2D eigenvalue weighted by Crippen LogP contribution is 2.21. The molecule has 2 amide bonds. The number of hydrogen-bond acceptors (Lipinski definition) is 5. The van der Waals surface area contributed by atoms with Gasteiger partial charge in [-0.25, -0.2) is 15.2 Å². The fourth-order valence-electron chi connectivity index (χ4n) is 5.94. The smallest absolute Gasteiger partial charge is 0.326 e. The lowest BCUT2D eigenvalue weighted by Gasteiger charge is -2.30. The Bertz CT molecular complexity index is 1650. The first-order valence-corrected chi connectivity index (χ1v) is 15.6. The number of H-pyrrole nitrogens is 2. The van der Waals surface area contributed by atoms with E-state index in [1.165, 1.54) is 5.42 Å². The predicted molar refractivity (Wildman–Crippen MR) is 172 cm³/mol. The molecule has 1 aliphatic rings. The van der Waals surface area contributed by atoms with Crippen molar-refractivity contribution in [2.75, 3.05) is 13.1 Å². The number of hydrogen-bond donors (Lipinski definition) is 6. The largest absolute Gasteiger partial charge is 0.480 e. The zero-order valence-electron chi connectivity index (χ0n) is 27.5. The lowest BCUT2D eigenvalue weighted by molar-refractivity contribution is -0.142. The van der Waals surface area contributed by atoms with Gasteiger partial charge in [0.25, 0.3) is 0 Å². The van der Waals surface area contributed by atoms with Gasteiger partial charge in [0.05, 0.1) is 0 Å². The molecule has 10 nitrogen and oxygen atoms in total. The number of fused-ring (bicyclic) bond motifs is 2. The number of carbonyl (C=O) groups excluding carboxylic acids is 2. The van der Waals surface area contributed by atoms with Crippen molar-refractivity contribution < 1.29 is 22.3 Å². The number of para-hydroxylation sites is 2. The Morgan fingerprint density at radius 3 is 1.91 bits per heavy atom. The molecule has 1 fully saturated rings. The standard InChI is InChI=1S/C34H44N6O4/c1-22(2)17-30(39-40-15-9-3-4-10-16-40)33(42)37-29(18-23-20-35-27-13-7-5-11-25(23)27)32(41)38-31(34(43)44)19-24-21-36-28-14-8-6-12-26(24)28/h5-8,11-14,20-22,29-31,35-36,39H,3-4,9-10,15-19H2,1-2H3,(H,37,42)(H,38,41)(H,43,44)/t29-,30-,31-/m0/s1/i/hD2. The Morgan fingerprint density at radius 2 is 1.36 bits per heavy atom. The topological polar surface area (TPSA) is 142 Å². The van der Waals surface area contributed by atoms with Crippen LogP contribution in [0.4, 0.5) is 0 Å². The molecule has 0 radical (unpaired) electrons. The van der Waals surface area contributed by atoms with Gasteiger partial charge in [-0.1, -0.05) is 63.1 Å². The van der Waals surface area contributed by atoms with Crippen LogP contribution in [0, 0.1) is 5.92 Å². The van der Waals surface area contributed by atoms with Gasteiger partial charge < -0.3 is 25.7 Å². The second-order valence-electron chi connectivity index (χ2n) is 12.1. The summed E-state index contributed by atoms with van der Waals surface area (Å²) >= 11 is 0. The van der Waals surface area contributed by atoms with E-state index in [-0.39, 0.29) is 18.8 Å². The molecule has 10 heteroatoms. The maximum atomic E-state index is 14.2. The van der Waals surface area contributed by atoms with Gasteiger partial charge in [0.2, 0.25) is 11.8 Å². The van der Waals surface area contributed by atoms with Crippen molar-refractivity contribution in [1.82, 2.24) is 31.0 Å². The number of carboxylic acid groups (broad SMARTS) is 1. The fourth-order valence-corrected chi connectivity index (χ4v) is 5.94. The summed E-state index contributed by atoms with van der Waals surface area (Å²) in [4.78, 5) is 47.0. The van der Waals surface area contributed by atoms with E-state index in [1.54, 1.807) is 12.4 Å². The summed E-state index contributed by atoms with van der Waals surface area (Å²) in [5.74, 6) is -2.58. The third-order valence-electron chi connectivity index (χ3n) is 8.25. The summed E-state index contributed by atoms with van der Waals surface area (Å²) in [6.07, 6.45) is 7.78. The molecule has 3 atom stereocenters. The second kappa shape index (κ2) is 14.5. The maximum absolute atomic E-state index is 14.2. The SMILES string of the molecule is [2H]N(C(=O)[C@H](CC(C)C)N([2H])N1CCCCCC1)[C@@H](Cc1c[nH]c2ccccc12)C(=O)N[C@@H](Cc1c[nH]c2ccccc12)C(=O)O. The van der Waals surface area contributed by atoms with Crippen LogP contribution in [0.25, 0.3) is 21.8 Å². The third-order valence-corrected chi connectivity index (χ3v) is 8.25. The molecule has 2 aromatic carbocycles. The highest BCUT2D eigenvalue weighted by atomic mass is 16.4. The third kappa shape index (κ3) is 7.86. The van der Waals surface area contributed by atoms with Gasteiger partial charge in [0.1, 0.15) is 19.5 Å². The number of hydrazine groups is 1. The Morgan fingerprint density at radius 1 is 0.818 bits per heavy atom. The molecular formula is C34H44N6O4. The molecule has 3 heterocycles. The van der Waals surface area contributed by atoms with Crippen molar-refractivity contribution in [2.24, 2.45) is 5.92 Å². The van der Waals surface area contributed by atoms with E-state index in [9.17, 15) is 19.5 Å². The summed E-state index contributed by atoms with van der Waals surface area (Å²) in [6, 6.07) is 11.5. The predicted octanol–water partition coefficient (Wildman–Crippen LogP) is 4.28. The van der Waals surface area contributed by atoms with Crippen LogP contribution in [0.2, 0.25) is 2.82 Å². The van der Waals surface area contributed by atoms with Crippen molar-refractivity contribution in [1.29, 1.82) is 0 Å². The molecule has 44 heavy (non-hydrogen) atoms. The molecule has 0 bridgehead atoms. The quantitative estimate of drug-likeness (QED) is 0.135. The molecule has 1 aliphatic heterocycles. The van der Waals surface area contributed by atoms with Gasteiger partial charge >= 0.3 is 5.97 Å². The van der Waals surface area contributed by atoms with Gasteiger partial charge in [-0.05, 0) is 48.4 Å². The highest BCUT2D eigenvalue weighted by molar-refractivity contribution is 5.93. The molecule has 0 saturated carbocycles. The molecule has 234 valence electrons. The summed E-state index contributed by atoms with van der Waals surface area (Å²) in [7, 11) is 0. The van der Waals surface area contributed by atoms with Crippen LogP contribution in [0.15, 0.2) is 60.9 Å². The average molecular weight is 603 g/mol. The summed E-state index contributed by atoms with van der Waals surface area (Å²) in [5.41, 5.74) is 4.37. The van der Waals surface area contributed by atoms with E-state index in [0.717, 1.165) is 58.6 Å². The Kier molecular flexibility index (Phi) is 9.46. The number of benzene rings is 2. The fraction of sp³-hybridized carbons (Fsp3) is 0.441. The number of carboxylic acids is 1. The minimum atomic E-state index is -1.34. The normalized spacial score (nSPS) is 17.2. The number of aliphatic carboxylic acids is 1. The van der Waals surface area contributed by atoms with Crippen molar-refractivity contribution in [3.8, 4) is 0 Å². The molecule has 5 rings (SSSR count). The van der Waals surface area contributed by atoms with Crippen LogP contribution in [0.3, 0.4) is 0 Å². The first-order valence-electron chi connectivity index (χ1n) is 16.5. The van der Waals surface area contributed by atoms with E-state index in [4.69, 9.17) is 2.82 Å². The van der Waals surface area contributed by atoms with Crippen LogP contribution in [-0.2, 0) is 27.2 Å². The van der Waals surface area contributed by atoms with E-state index in [2.05, 4.69) is 15.3 Å². The van der Waals surface area contributed by atoms with Gasteiger partial charge in [0, 0.05) is 60.1 Å². The van der Waals surface area contributed by atoms with Gasteiger partial charge in [0.15, 0.2) is 1.41 Å². The van der Waals surface area contributed by atoms with Crippen LogP contribution in [0.1, 0.15) is 57.1 Å². The number of rotatable bonds is 13. The van der Waals surface area contributed by atoms with Crippen LogP contribution in [0.5, 0.6) is 0 Å². The number of carbonyl (C=O) groups is 3. The average Bonchev–Trinajstić information content (AvgIpc) is 3.54. The van der Waals surface area contributed by atoms with Gasteiger partial charge in [-0.3, -0.25) is 9.59 Å². The Labute approximate surface area is 260 Å². The van der Waals surface area contributed by atoms with Crippen molar-refractivity contribution in [3.63, 3.8) is 0 Å². The lowest BCUT2D eigenvalue weighted by Crippen LogP contribution is -2.58. The number of nitrogens with zero attached hydrogens (tertiary/aromatic N) is 1. The van der Waals surface area contributed by atoms with E-state index in [1.807, 2.05) is 67.4 Å². The van der Waals surface area contributed by atoms with Gasteiger partial charge in [-0.2, -0.15) is 0 Å². The molecule has 0 spiro atoms. The lowest BCUT2D eigenvalue weighted by atomic mass is 10.00. The number of aromatic amines is 2. The van der Waals surface area contributed by atoms with Crippen LogP contribution >= 0.6 is 0 Å². The summed E-state index contributed by atoms with van der Waals surface area (Å²) in [5, 5.41) is 17.0. The molecule has 2 aromatic heterocycles. The van der Waals surface area contributed by atoms with Crippen LogP contribution in [-0.4, -0.2) is 69.1 Å². The molecule has 1 saturated heterocycles. The minimum absolute atomic E-state index is 0.0133. The molecule has 4 aromatic rings. The zero-order valence-corrected chi connectivity index (χ0v) is 25.5. The molecule has 0 unspecified atom stereocenters. The summed E-state index contributed by atoms with van der Waals surface area (Å²) in [6.45, 7) is 5.22. The maximum Gasteiger partial charge on any atom is 0.326 e. The van der Waals surface area contributed by atoms with Crippen molar-refractivity contribution in [2.45, 2.75) is 76.9 Å². The van der Waals surface area contributed by atoms with Crippen molar-refractivity contribution in [3.05, 3.63) is 72.1 Å². The Hall–Kier alpha value is -4.15. The first kappa shape index (κ1) is 28.6. The number of amides is 2. The second-order valence-corrected chi connectivity index (χ2v) is 12.1. The molecule has 6 N–H and O–H groups in total.